The fourth-order valence-electron chi connectivity index (χ4n) is 4.73. The number of piperazine rings is 1. The number of carbonyl (C=O) groups is 2. The van der Waals surface area contributed by atoms with E-state index in [1.807, 2.05) is 12.1 Å². The average Bonchev–Trinajstić information content (AvgIpc) is 3.34. The summed E-state index contributed by atoms with van der Waals surface area (Å²) < 4.78 is 19.0. The largest absolute Gasteiger partial charge is 0.496 e. The van der Waals surface area contributed by atoms with E-state index in [0.717, 1.165) is 57.4 Å². The number of anilines is 1. The Bertz CT molecular complexity index is 1000. The second-order valence-electron chi connectivity index (χ2n) is 9.06. The molecule has 1 heterocycles. The molecule has 7 nitrogen and oxygen atoms in total. The van der Waals surface area contributed by atoms with Crippen LogP contribution >= 0.6 is 0 Å². The standard InChI is InChI=1S/C26H33FN4O3/c1-34-24-11-10-20(27)16-19(24)17-30-12-14-31(15-13-30)18-25(32)29-23-9-5-4-8-22(23)26(33)28-21-6-2-3-7-21/h4-5,8-11,16,21H,2-3,6-7,12-15,17-18H2,1H3,(H,28,33)(H,29,32). The van der Waals surface area contributed by atoms with Crippen molar-refractivity contribution < 1.29 is 18.7 Å². The Hall–Kier alpha value is -2.97. The molecular weight excluding hydrogens is 435 g/mol. The molecule has 1 aliphatic heterocycles. The highest BCUT2D eigenvalue weighted by molar-refractivity contribution is 6.04. The van der Waals surface area contributed by atoms with Gasteiger partial charge in [0.05, 0.1) is 24.9 Å². The quantitative estimate of drug-likeness (QED) is 0.622. The van der Waals surface area contributed by atoms with Crippen molar-refractivity contribution in [1.29, 1.82) is 0 Å². The van der Waals surface area contributed by atoms with Crippen molar-refractivity contribution >= 4 is 17.5 Å². The predicted molar refractivity (Wildman–Crippen MR) is 129 cm³/mol. The Balaban J connectivity index is 1.27. The summed E-state index contributed by atoms with van der Waals surface area (Å²) in [6.07, 6.45) is 4.31. The van der Waals surface area contributed by atoms with Crippen LogP contribution in [0, 0.1) is 5.82 Å². The summed E-state index contributed by atoms with van der Waals surface area (Å²) in [6, 6.07) is 11.9. The molecule has 8 heteroatoms. The van der Waals surface area contributed by atoms with Gasteiger partial charge in [0, 0.05) is 44.3 Å². The first-order chi connectivity index (χ1) is 16.5. The molecule has 2 aromatic carbocycles. The summed E-state index contributed by atoms with van der Waals surface area (Å²) in [6.45, 7) is 3.87. The van der Waals surface area contributed by atoms with E-state index in [0.29, 0.717) is 23.5 Å². The van der Waals surface area contributed by atoms with E-state index in [1.54, 1.807) is 25.3 Å². The fourth-order valence-corrected chi connectivity index (χ4v) is 4.73. The molecule has 0 unspecified atom stereocenters. The minimum atomic E-state index is -0.275. The second-order valence-corrected chi connectivity index (χ2v) is 9.06. The molecule has 0 aromatic heterocycles. The molecule has 2 N–H and O–H groups in total. The number of benzene rings is 2. The Morgan fingerprint density at radius 2 is 1.74 bits per heavy atom. The van der Waals surface area contributed by atoms with E-state index in [1.165, 1.54) is 12.1 Å². The molecule has 0 bridgehead atoms. The van der Waals surface area contributed by atoms with Gasteiger partial charge < -0.3 is 15.4 Å². The molecular formula is C26H33FN4O3. The normalized spacial score (nSPS) is 17.5. The van der Waals surface area contributed by atoms with Gasteiger partial charge in [-0.2, -0.15) is 0 Å². The first-order valence-electron chi connectivity index (χ1n) is 12.0. The summed E-state index contributed by atoms with van der Waals surface area (Å²) in [4.78, 5) is 29.8. The number of amides is 2. The van der Waals surface area contributed by atoms with Crippen LogP contribution in [0.25, 0.3) is 0 Å². The van der Waals surface area contributed by atoms with Crippen molar-refractivity contribution in [3.63, 3.8) is 0 Å². The fraction of sp³-hybridized carbons (Fsp3) is 0.462. The van der Waals surface area contributed by atoms with E-state index in [4.69, 9.17) is 4.74 Å². The maximum atomic E-state index is 13.6. The number of halogens is 1. The molecule has 4 rings (SSSR count). The molecule has 1 saturated carbocycles. The van der Waals surface area contributed by atoms with Crippen LogP contribution in [0.2, 0.25) is 0 Å². The van der Waals surface area contributed by atoms with Crippen molar-refractivity contribution in [2.24, 2.45) is 0 Å². The van der Waals surface area contributed by atoms with Crippen LogP contribution in [0.4, 0.5) is 10.1 Å². The van der Waals surface area contributed by atoms with Gasteiger partial charge in [-0.25, -0.2) is 4.39 Å². The number of methoxy groups -OCH3 is 1. The Morgan fingerprint density at radius 1 is 1.03 bits per heavy atom. The molecule has 1 saturated heterocycles. The molecule has 182 valence electrons. The number of carbonyl (C=O) groups excluding carboxylic acids is 2. The smallest absolute Gasteiger partial charge is 0.253 e. The lowest BCUT2D eigenvalue weighted by atomic mass is 10.1. The number of nitrogens with zero attached hydrogens (tertiary/aromatic N) is 2. The number of ether oxygens (including phenoxy) is 1. The van der Waals surface area contributed by atoms with Gasteiger partial charge >= 0.3 is 0 Å². The zero-order valence-corrected chi connectivity index (χ0v) is 19.7. The van der Waals surface area contributed by atoms with Gasteiger partial charge in [0.25, 0.3) is 5.91 Å². The highest BCUT2D eigenvalue weighted by Gasteiger charge is 2.22. The molecule has 0 spiro atoms. The van der Waals surface area contributed by atoms with E-state index in [2.05, 4.69) is 20.4 Å². The van der Waals surface area contributed by atoms with E-state index < -0.39 is 0 Å². The van der Waals surface area contributed by atoms with Gasteiger partial charge in [0.15, 0.2) is 0 Å². The zero-order chi connectivity index (χ0) is 23.9. The molecule has 2 fully saturated rings. The predicted octanol–water partition coefficient (Wildman–Crippen LogP) is 3.26. The zero-order valence-electron chi connectivity index (χ0n) is 19.7. The average molecular weight is 469 g/mol. The van der Waals surface area contributed by atoms with Gasteiger partial charge in [-0.05, 0) is 43.2 Å². The van der Waals surface area contributed by atoms with Gasteiger partial charge in [-0.15, -0.1) is 0 Å². The molecule has 1 aliphatic carbocycles. The molecule has 2 aromatic rings. The molecule has 0 radical (unpaired) electrons. The maximum absolute atomic E-state index is 13.6. The van der Waals surface area contributed by atoms with Crippen LogP contribution in [0.3, 0.4) is 0 Å². The van der Waals surface area contributed by atoms with Crippen molar-refractivity contribution in [2.75, 3.05) is 45.2 Å². The first kappa shape index (κ1) is 24.2. The number of para-hydroxylation sites is 1. The Morgan fingerprint density at radius 3 is 2.47 bits per heavy atom. The summed E-state index contributed by atoms with van der Waals surface area (Å²) in [5.41, 5.74) is 1.86. The number of hydrogen-bond donors (Lipinski definition) is 2. The molecule has 0 atom stereocenters. The lowest BCUT2D eigenvalue weighted by Crippen LogP contribution is -2.48. The highest BCUT2D eigenvalue weighted by atomic mass is 19.1. The Labute approximate surface area is 200 Å². The van der Waals surface area contributed by atoms with E-state index in [-0.39, 0.29) is 30.2 Å². The lowest BCUT2D eigenvalue weighted by Gasteiger charge is -2.34. The first-order valence-corrected chi connectivity index (χ1v) is 12.0. The van der Waals surface area contributed by atoms with E-state index in [9.17, 15) is 14.0 Å². The van der Waals surface area contributed by atoms with Gasteiger partial charge in [-0.3, -0.25) is 19.4 Å². The third-order valence-electron chi connectivity index (χ3n) is 6.60. The second kappa shape index (κ2) is 11.4. The Kier molecular flexibility index (Phi) is 8.13. The number of hydrogen-bond acceptors (Lipinski definition) is 5. The summed E-state index contributed by atoms with van der Waals surface area (Å²) >= 11 is 0. The van der Waals surface area contributed by atoms with Crippen LogP contribution in [-0.4, -0.2) is 67.5 Å². The third kappa shape index (κ3) is 6.33. The van der Waals surface area contributed by atoms with Crippen molar-refractivity contribution in [2.45, 2.75) is 38.3 Å². The maximum Gasteiger partial charge on any atom is 0.253 e. The van der Waals surface area contributed by atoms with Crippen LogP contribution in [0.5, 0.6) is 5.75 Å². The minimum Gasteiger partial charge on any atom is -0.496 e. The van der Waals surface area contributed by atoms with Gasteiger partial charge in [-0.1, -0.05) is 25.0 Å². The monoisotopic (exact) mass is 468 g/mol. The van der Waals surface area contributed by atoms with Gasteiger partial charge in [0.1, 0.15) is 11.6 Å². The van der Waals surface area contributed by atoms with Crippen molar-refractivity contribution in [1.82, 2.24) is 15.1 Å². The van der Waals surface area contributed by atoms with Crippen molar-refractivity contribution in [3.05, 3.63) is 59.4 Å². The van der Waals surface area contributed by atoms with Crippen LogP contribution < -0.4 is 15.4 Å². The lowest BCUT2D eigenvalue weighted by molar-refractivity contribution is -0.117. The summed E-state index contributed by atoms with van der Waals surface area (Å²) in [5, 5.41) is 6.01. The summed E-state index contributed by atoms with van der Waals surface area (Å²) in [7, 11) is 1.59. The molecule has 34 heavy (non-hydrogen) atoms. The highest BCUT2D eigenvalue weighted by Crippen LogP contribution is 2.22. The number of rotatable bonds is 8. The van der Waals surface area contributed by atoms with Crippen LogP contribution in [-0.2, 0) is 11.3 Å². The topological polar surface area (TPSA) is 73.9 Å². The third-order valence-corrected chi connectivity index (χ3v) is 6.60. The summed E-state index contributed by atoms with van der Waals surface area (Å²) in [5.74, 6) is 0.132. The molecule has 2 aliphatic rings. The SMILES string of the molecule is COc1ccc(F)cc1CN1CCN(CC(=O)Nc2ccccc2C(=O)NC2CCCC2)CC1. The van der Waals surface area contributed by atoms with Crippen molar-refractivity contribution in [3.8, 4) is 5.75 Å². The number of nitrogens with one attached hydrogen (secondary N) is 2. The van der Waals surface area contributed by atoms with Gasteiger partial charge in [0.2, 0.25) is 5.91 Å². The van der Waals surface area contributed by atoms with Crippen LogP contribution in [0.1, 0.15) is 41.6 Å². The minimum absolute atomic E-state index is 0.135. The molecule has 2 amide bonds. The van der Waals surface area contributed by atoms with Crippen LogP contribution in [0.15, 0.2) is 42.5 Å². The van der Waals surface area contributed by atoms with E-state index >= 15 is 0 Å².